The van der Waals surface area contributed by atoms with Crippen LogP contribution in [-0.4, -0.2) is 0 Å². The predicted octanol–water partition coefficient (Wildman–Crippen LogP) is 15.4. The van der Waals surface area contributed by atoms with E-state index in [4.69, 9.17) is 0 Å². The van der Waals surface area contributed by atoms with Crippen molar-refractivity contribution < 1.29 is 0 Å². The summed E-state index contributed by atoms with van der Waals surface area (Å²) >= 11 is 2.45. The van der Waals surface area contributed by atoms with Gasteiger partial charge in [-0.05, 0) is 184 Å². The zero-order chi connectivity index (χ0) is 37.0. The minimum Gasteiger partial charge on any atom is -0.0620 e. The zero-order valence-corrected chi connectivity index (χ0v) is 33.2. The summed E-state index contributed by atoms with van der Waals surface area (Å²) < 4.78 is 1.27. The Balaban J connectivity index is 1.02. The second-order valence-corrected chi connectivity index (χ2v) is 16.1. The van der Waals surface area contributed by atoms with Crippen LogP contribution in [0.3, 0.4) is 0 Å². The van der Waals surface area contributed by atoms with Gasteiger partial charge in [-0.1, -0.05) is 152 Å². The molecule has 0 saturated carbocycles. The molecule has 0 heterocycles. The number of aryl methyl sites for hydroxylation is 2. The van der Waals surface area contributed by atoms with Crippen molar-refractivity contribution in [2.45, 2.75) is 26.7 Å². The highest BCUT2D eigenvalue weighted by atomic mass is 127. The molecule has 0 aromatic heterocycles. The Morgan fingerprint density at radius 2 is 0.945 bits per heavy atom. The largest absolute Gasteiger partial charge is 0.0620 e. The molecule has 10 rings (SSSR count). The third kappa shape index (κ3) is 5.99. The molecular formula is C54H39I. The van der Waals surface area contributed by atoms with Crippen LogP contribution in [0.15, 0.2) is 176 Å². The fourth-order valence-electron chi connectivity index (χ4n) is 8.94. The van der Waals surface area contributed by atoms with Crippen molar-refractivity contribution in [3.05, 3.63) is 202 Å². The summed E-state index contributed by atoms with van der Waals surface area (Å²) in [6, 6.07) is 65.7. The molecule has 0 fully saturated rings. The molecule has 4 bridgehead atoms. The van der Waals surface area contributed by atoms with Crippen molar-refractivity contribution in [3.8, 4) is 55.6 Å². The third-order valence-corrected chi connectivity index (χ3v) is 12.8. The highest BCUT2D eigenvalue weighted by Gasteiger charge is 2.19. The van der Waals surface area contributed by atoms with Gasteiger partial charge in [0, 0.05) is 3.57 Å². The summed E-state index contributed by atoms with van der Waals surface area (Å²) in [4.78, 5) is 0. The summed E-state index contributed by atoms with van der Waals surface area (Å²) in [5.41, 5.74) is 18.5. The number of fused-ring (bicyclic) bond motifs is 8. The monoisotopic (exact) mass is 814 g/mol. The van der Waals surface area contributed by atoms with E-state index >= 15 is 0 Å². The van der Waals surface area contributed by atoms with Crippen LogP contribution in [0, 0.1) is 17.4 Å². The molecule has 55 heavy (non-hydrogen) atoms. The van der Waals surface area contributed by atoms with Gasteiger partial charge in [-0.2, -0.15) is 0 Å². The second-order valence-electron chi connectivity index (χ2n) is 15.0. The van der Waals surface area contributed by atoms with Crippen LogP contribution in [0.2, 0.25) is 0 Å². The Kier molecular flexibility index (Phi) is 8.49. The number of hydrogen-bond donors (Lipinski definition) is 0. The summed E-state index contributed by atoms with van der Waals surface area (Å²) in [7, 11) is 0. The first-order valence-corrected chi connectivity index (χ1v) is 20.3. The predicted molar refractivity (Wildman–Crippen MR) is 245 cm³/mol. The second kappa shape index (κ2) is 13.8. The van der Waals surface area contributed by atoms with Gasteiger partial charge in [-0.15, -0.1) is 0 Å². The van der Waals surface area contributed by atoms with E-state index in [-0.39, 0.29) is 0 Å². The van der Waals surface area contributed by atoms with Crippen LogP contribution in [0.5, 0.6) is 0 Å². The quantitative estimate of drug-likeness (QED) is 0.155. The van der Waals surface area contributed by atoms with Crippen LogP contribution in [0.1, 0.15) is 22.3 Å². The molecule has 0 amide bonds. The Hall–Kier alpha value is -5.77. The van der Waals surface area contributed by atoms with Crippen molar-refractivity contribution in [3.63, 3.8) is 0 Å². The van der Waals surface area contributed by atoms with Crippen LogP contribution < -0.4 is 0 Å². The average Bonchev–Trinajstić information content (AvgIpc) is 3.22. The van der Waals surface area contributed by atoms with Gasteiger partial charge in [0.2, 0.25) is 0 Å². The Morgan fingerprint density at radius 3 is 1.75 bits per heavy atom. The highest BCUT2D eigenvalue weighted by molar-refractivity contribution is 14.1. The van der Waals surface area contributed by atoms with Gasteiger partial charge >= 0.3 is 0 Å². The molecule has 1 aliphatic rings. The topological polar surface area (TPSA) is 0 Å². The minimum atomic E-state index is 1.08. The van der Waals surface area contributed by atoms with Crippen molar-refractivity contribution in [2.75, 3.05) is 0 Å². The molecule has 0 nitrogen and oxygen atoms in total. The van der Waals surface area contributed by atoms with E-state index in [1.54, 1.807) is 0 Å². The van der Waals surface area contributed by atoms with Crippen LogP contribution in [-0.2, 0) is 12.8 Å². The normalized spacial score (nSPS) is 12.1. The van der Waals surface area contributed by atoms with Gasteiger partial charge in [0.25, 0.3) is 0 Å². The van der Waals surface area contributed by atoms with Gasteiger partial charge in [-0.25, -0.2) is 0 Å². The van der Waals surface area contributed by atoms with Crippen LogP contribution >= 0.6 is 22.6 Å². The first kappa shape index (κ1) is 33.8. The molecule has 0 radical (unpaired) electrons. The maximum atomic E-state index is 2.45. The Morgan fingerprint density at radius 1 is 0.364 bits per heavy atom. The van der Waals surface area contributed by atoms with Crippen molar-refractivity contribution >= 4 is 54.9 Å². The van der Waals surface area contributed by atoms with Gasteiger partial charge in [0.1, 0.15) is 0 Å². The standard InChI is InChI=1S/C54H39I/c1-34-37-19-22-41-31-36(17-27-46(34)51(29-25-37)44-12-7-13-45(35(44)2)53-11-5-6-16-54(53)55)18-28-47(41)42-23-20-40-33-43(24-21-39(40)32-42)49-14-8-15-50-48-10-4-3-9-38(48)26-30-52(49)50/h3-25,27-29,31-33H,26,30H2,1-2H3. The molecule has 1 heteroatoms. The van der Waals surface area contributed by atoms with E-state index < -0.39 is 0 Å². The van der Waals surface area contributed by atoms with E-state index in [9.17, 15) is 0 Å². The number of halogens is 1. The van der Waals surface area contributed by atoms with E-state index in [0.29, 0.717) is 0 Å². The average molecular weight is 815 g/mol. The molecule has 0 saturated heterocycles. The first-order valence-electron chi connectivity index (χ1n) is 19.2. The fraction of sp³-hybridized carbons (Fsp3) is 0.0741. The van der Waals surface area contributed by atoms with E-state index in [1.807, 2.05) is 0 Å². The van der Waals surface area contributed by atoms with Crippen LogP contribution in [0.25, 0.3) is 88.0 Å². The lowest BCUT2D eigenvalue weighted by Gasteiger charge is -2.22. The molecule has 1 aliphatic carbocycles. The van der Waals surface area contributed by atoms with Crippen molar-refractivity contribution in [1.29, 1.82) is 0 Å². The Labute approximate surface area is 336 Å². The van der Waals surface area contributed by atoms with Crippen LogP contribution in [0.4, 0.5) is 0 Å². The van der Waals surface area contributed by atoms with E-state index in [0.717, 1.165) is 12.8 Å². The van der Waals surface area contributed by atoms with E-state index in [1.165, 1.54) is 114 Å². The van der Waals surface area contributed by atoms with Gasteiger partial charge < -0.3 is 0 Å². The number of hydrogen-bond acceptors (Lipinski definition) is 0. The molecule has 0 aliphatic heterocycles. The minimum absolute atomic E-state index is 1.08. The number of benzene rings is 8. The molecule has 0 unspecified atom stereocenters. The maximum Gasteiger partial charge on any atom is 0.0208 e. The van der Waals surface area contributed by atoms with Gasteiger partial charge in [-0.3, -0.25) is 0 Å². The summed E-state index contributed by atoms with van der Waals surface area (Å²) in [5, 5.41) is 7.46. The first-order chi connectivity index (χ1) is 27.0. The summed E-state index contributed by atoms with van der Waals surface area (Å²) in [6.45, 7) is 4.53. The van der Waals surface area contributed by atoms with E-state index in [2.05, 4.69) is 212 Å². The van der Waals surface area contributed by atoms with Gasteiger partial charge in [0.15, 0.2) is 0 Å². The van der Waals surface area contributed by atoms with Gasteiger partial charge in [0.05, 0.1) is 0 Å². The maximum absolute atomic E-state index is 2.45. The lowest BCUT2D eigenvalue weighted by atomic mass is 9.81. The molecule has 0 atom stereocenters. The third-order valence-electron chi connectivity index (χ3n) is 11.9. The fourth-order valence-corrected chi connectivity index (χ4v) is 9.62. The lowest BCUT2D eigenvalue weighted by Crippen LogP contribution is -2.05. The SMILES string of the molecule is Cc1c(-c2ccccc2I)cccc1-c1ccc2ccc3cc(ccc3-c3ccc4cc(-c5cccc6c5CCc5ccccc5-6)ccc4c3)ccc1c2C. The smallest absolute Gasteiger partial charge is 0.0208 e. The molecule has 9 aromatic rings. The summed E-state index contributed by atoms with van der Waals surface area (Å²) in [5.74, 6) is 0. The Bertz CT molecular complexity index is 3020. The number of rotatable bonds is 4. The zero-order valence-electron chi connectivity index (χ0n) is 31.0. The molecule has 0 N–H and O–H groups in total. The van der Waals surface area contributed by atoms with Crippen molar-refractivity contribution in [2.24, 2.45) is 0 Å². The lowest BCUT2D eigenvalue weighted by molar-refractivity contribution is 0.944. The highest BCUT2D eigenvalue weighted by Crippen LogP contribution is 2.41. The summed E-state index contributed by atoms with van der Waals surface area (Å²) in [6.07, 6.45) is 2.17. The molecule has 9 aromatic carbocycles. The molecule has 262 valence electrons. The molecule has 0 spiro atoms. The molecular weight excluding hydrogens is 775 g/mol. The van der Waals surface area contributed by atoms with Crippen molar-refractivity contribution in [1.82, 2.24) is 0 Å².